The van der Waals surface area contributed by atoms with Crippen molar-refractivity contribution in [2.24, 2.45) is 23.7 Å². The largest absolute Gasteiger partial charge is 0.317 e. The highest BCUT2D eigenvalue weighted by Gasteiger charge is 2.29. The number of piperidine rings is 1. The number of hydrogen-bond acceptors (Lipinski definition) is 1. The minimum Gasteiger partial charge on any atom is -0.317 e. The van der Waals surface area contributed by atoms with E-state index in [9.17, 15) is 0 Å². The fourth-order valence-electron chi connectivity index (χ4n) is 3.88. The normalized spacial score (nSPS) is 34.9. The second-order valence-corrected chi connectivity index (χ2v) is 6.14. The van der Waals surface area contributed by atoms with Crippen molar-refractivity contribution in [3.63, 3.8) is 0 Å². The summed E-state index contributed by atoms with van der Waals surface area (Å²) in [6, 6.07) is 0. The van der Waals surface area contributed by atoms with Gasteiger partial charge in [-0.3, -0.25) is 0 Å². The molecule has 2 rings (SSSR count). The summed E-state index contributed by atoms with van der Waals surface area (Å²) in [5, 5.41) is 3.49. The lowest BCUT2D eigenvalue weighted by Gasteiger charge is -2.37. The lowest BCUT2D eigenvalue weighted by atomic mass is 9.70. The average Bonchev–Trinajstić information content (AvgIpc) is 2.39. The third kappa shape index (κ3) is 3.00. The van der Waals surface area contributed by atoms with Gasteiger partial charge in [0.2, 0.25) is 0 Å². The molecule has 0 bridgehead atoms. The van der Waals surface area contributed by atoms with Crippen LogP contribution in [0.5, 0.6) is 0 Å². The van der Waals surface area contributed by atoms with Gasteiger partial charge in [-0.05, 0) is 62.4 Å². The molecule has 2 fully saturated rings. The summed E-state index contributed by atoms with van der Waals surface area (Å²) in [6.07, 6.45) is 10.3. The highest BCUT2D eigenvalue weighted by Crippen LogP contribution is 2.39. The van der Waals surface area contributed by atoms with E-state index in [0.717, 1.165) is 23.7 Å². The molecule has 0 aromatic heterocycles. The second-order valence-electron chi connectivity index (χ2n) is 6.14. The van der Waals surface area contributed by atoms with E-state index in [1.165, 1.54) is 58.0 Å². The minimum absolute atomic E-state index is 0.986. The van der Waals surface area contributed by atoms with E-state index in [-0.39, 0.29) is 0 Å². The van der Waals surface area contributed by atoms with E-state index in [4.69, 9.17) is 0 Å². The van der Waals surface area contributed by atoms with Crippen LogP contribution in [-0.4, -0.2) is 13.1 Å². The quantitative estimate of drug-likeness (QED) is 0.766. The Hall–Kier alpha value is -0.0400. The average molecular weight is 223 g/mol. The van der Waals surface area contributed by atoms with Crippen LogP contribution in [0.1, 0.15) is 58.8 Å². The van der Waals surface area contributed by atoms with Crippen LogP contribution < -0.4 is 5.32 Å². The summed E-state index contributed by atoms with van der Waals surface area (Å²) < 4.78 is 0. The maximum Gasteiger partial charge on any atom is -0.00462 e. The van der Waals surface area contributed by atoms with Crippen molar-refractivity contribution in [1.29, 1.82) is 0 Å². The van der Waals surface area contributed by atoms with Crippen molar-refractivity contribution in [3.8, 4) is 0 Å². The smallest absolute Gasteiger partial charge is 0.00462 e. The zero-order valence-corrected chi connectivity index (χ0v) is 11.2. The van der Waals surface area contributed by atoms with Crippen LogP contribution in [0.15, 0.2) is 0 Å². The van der Waals surface area contributed by atoms with Crippen LogP contribution in [0, 0.1) is 23.7 Å². The summed E-state index contributed by atoms with van der Waals surface area (Å²) in [7, 11) is 0. The Morgan fingerprint density at radius 2 is 1.50 bits per heavy atom. The first-order chi connectivity index (χ1) is 7.81. The zero-order chi connectivity index (χ0) is 11.4. The first-order valence-corrected chi connectivity index (χ1v) is 7.52. The predicted octanol–water partition coefficient (Wildman–Crippen LogP) is 3.84. The van der Waals surface area contributed by atoms with Gasteiger partial charge in [0.15, 0.2) is 0 Å². The molecule has 0 amide bonds. The van der Waals surface area contributed by atoms with Gasteiger partial charge in [-0.2, -0.15) is 0 Å². The number of hydrogen-bond donors (Lipinski definition) is 1. The molecule has 0 spiro atoms. The summed E-state index contributed by atoms with van der Waals surface area (Å²) in [4.78, 5) is 0. The topological polar surface area (TPSA) is 12.0 Å². The van der Waals surface area contributed by atoms with Gasteiger partial charge < -0.3 is 5.32 Å². The van der Waals surface area contributed by atoms with Crippen molar-refractivity contribution in [1.82, 2.24) is 5.32 Å². The fourth-order valence-corrected chi connectivity index (χ4v) is 3.88. The molecule has 1 heterocycles. The molecule has 1 N–H and O–H groups in total. The second kappa shape index (κ2) is 6.05. The van der Waals surface area contributed by atoms with Gasteiger partial charge in [0, 0.05) is 0 Å². The summed E-state index contributed by atoms with van der Waals surface area (Å²) in [6.45, 7) is 7.42. The maximum atomic E-state index is 3.49. The predicted molar refractivity (Wildman–Crippen MR) is 70.5 cm³/mol. The maximum absolute atomic E-state index is 3.49. The minimum atomic E-state index is 0.986. The summed E-state index contributed by atoms with van der Waals surface area (Å²) in [5.41, 5.74) is 0. The molecule has 0 aromatic rings. The molecule has 2 aliphatic rings. The van der Waals surface area contributed by atoms with Gasteiger partial charge in [-0.1, -0.05) is 33.1 Å². The summed E-state index contributed by atoms with van der Waals surface area (Å²) in [5.74, 6) is 4.10. The van der Waals surface area contributed by atoms with E-state index in [0.29, 0.717) is 0 Å². The lowest BCUT2D eigenvalue weighted by Crippen LogP contribution is -2.34. The highest BCUT2D eigenvalue weighted by molar-refractivity contribution is 4.81. The van der Waals surface area contributed by atoms with E-state index in [1.807, 2.05) is 0 Å². The third-order valence-corrected chi connectivity index (χ3v) is 5.34. The zero-order valence-electron chi connectivity index (χ0n) is 11.2. The van der Waals surface area contributed by atoms with Crippen LogP contribution in [0.2, 0.25) is 0 Å². The number of rotatable bonds is 3. The molecule has 1 saturated heterocycles. The van der Waals surface area contributed by atoms with Crippen molar-refractivity contribution < 1.29 is 0 Å². The Balaban J connectivity index is 1.78. The Morgan fingerprint density at radius 3 is 2.06 bits per heavy atom. The molecule has 1 saturated carbocycles. The van der Waals surface area contributed by atoms with Crippen LogP contribution in [0.25, 0.3) is 0 Å². The van der Waals surface area contributed by atoms with E-state index >= 15 is 0 Å². The van der Waals surface area contributed by atoms with Gasteiger partial charge in [0.05, 0.1) is 0 Å². The molecule has 1 unspecified atom stereocenters. The molecule has 16 heavy (non-hydrogen) atoms. The molecule has 1 atom stereocenters. The van der Waals surface area contributed by atoms with Crippen molar-refractivity contribution >= 4 is 0 Å². The molecule has 1 heteroatoms. The van der Waals surface area contributed by atoms with Crippen LogP contribution in [0.4, 0.5) is 0 Å². The number of nitrogens with one attached hydrogen (secondary N) is 1. The fraction of sp³-hybridized carbons (Fsp3) is 1.00. The highest BCUT2D eigenvalue weighted by atomic mass is 14.9. The summed E-state index contributed by atoms with van der Waals surface area (Å²) >= 11 is 0. The van der Waals surface area contributed by atoms with Gasteiger partial charge in [-0.25, -0.2) is 0 Å². The van der Waals surface area contributed by atoms with Gasteiger partial charge in [0.1, 0.15) is 0 Å². The van der Waals surface area contributed by atoms with Crippen LogP contribution in [-0.2, 0) is 0 Å². The van der Waals surface area contributed by atoms with Crippen LogP contribution in [0.3, 0.4) is 0 Å². The first-order valence-electron chi connectivity index (χ1n) is 7.52. The molecule has 0 aromatic carbocycles. The van der Waals surface area contributed by atoms with Crippen LogP contribution >= 0.6 is 0 Å². The molecular formula is C15H29N. The SMILES string of the molecule is CCC1CCC(C(C)C2CCNCC2)CC1. The van der Waals surface area contributed by atoms with Crippen molar-refractivity contribution in [2.45, 2.75) is 58.8 Å². The standard InChI is InChI=1S/C15H29N/c1-3-13-4-6-14(7-5-13)12(2)15-8-10-16-11-9-15/h12-16H,3-11H2,1-2H3. The lowest BCUT2D eigenvalue weighted by molar-refractivity contribution is 0.143. The third-order valence-electron chi connectivity index (χ3n) is 5.34. The molecule has 1 aliphatic carbocycles. The Morgan fingerprint density at radius 1 is 0.938 bits per heavy atom. The van der Waals surface area contributed by atoms with Crippen molar-refractivity contribution in [2.75, 3.05) is 13.1 Å². The van der Waals surface area contributed by atoms with Gasteiger partial charge in [-0.15, -0.1) is 0 Å². The molecule has 94 valence electrons. The Kier molecular flexibility index (Phi) is 4.69. The monoisotopic (exact) mass is 223 g/mol. The molecular weight excluding hydrogens is 194 g/mol. The van der Waals surface area contributed by atoms with E-state index in [1.54, 1.807) is 0 Å². The van der Waals surface area contributed by atoms with Gasteiger partial charge in [0.25, 0.3) is 0 Å². The van der Waals surface area contributed by atoms with Gasteiger partial charge >= 0.3 is 0 Å². The molecule has 1 nitrogen and oxygen atoms in total. The molecule has 1 aliphatic heterocycles. The Labute approximate surface area is 101 Å². The Bertz CT molecular complexity index is 188. The van der Waals surface area contributed by atoms with E-state index in [2.05, 4.69) is 19.2 Å². The molecule has 0 radical (unpaired) electrons. The van der Waals surface area contributed by atoms with Crippen molar-refractivity contribution in [3.05, 3.63) is 0 Å². The van der Waals surface area contributed by atoms with E-state index < -0.39 is 0 Å². The first kappa shape index (κ1) is 12.4.